The predicted octanol–water partition coefficient (Wildman–Crippen LogP) is 2.46. The third kappa shape index (κ3) is 4.78. The largest absolute Gasteiger partial charge is 0.122 e. The van der Waals surface area contributed by atoms with Gasteiger partial charge in [0, 0.05) is 8.44 Å². The van der Waals surface area contributed by atoms with E-state index in [2.05, 4.69) is 15.4 Å². The molecule has 0 N–H and O–H groups in total. The maximum absolute atomic E-state index is 3.92. The lowest BCUT2D eigenvalue weighted by molar-refractivity contribution is 1.11. The van der Waals surface area contributed by atoms with E-state index in [0.29, 0.717) is 0 Å². The minimum absolute atomic E-state index is 1.17. The van der Waals surface area contributed by atoms with Gasteiger partial charge in [-0.3, -0.25) is 0 Å². The molecule has 30 valence electrons. The molecule has 0 aromatic carbocycles. The highest BCUT2D eigenvalue weighted by Gasteiger charge is 1.69. The molecular formula is C3H7PS. The Balaban J connectivity index is 2.19. The van der Waals surface area contributed by atoms with Crippen molar-refractivity contribution in [3.63, 3.8) is 0 Å². The van der Waals surface area contributed by atoms with Crippen molar-refractivity contribution in [2.75, 3.05) is 5.75 Å². The van der Waals surface area contributed by atoms with Gasteiger partial charge in [-0.2, -0.15) is 0 Å². The van der Waals surface area contributed by atoms with Gasteiger partial charge in [0.25, 0.3) is 0 Å². The zero-order valence-corrected chi connectivity index (χ0v) is 4.98. The standard InChI is InChI=1S/C3H7PS/c1-2-3-5-4/h2-3H2,1H3. The van der Waals surface area contributed by atoms with E-state index in [1.54, 1.807) is 11.4 Å². The van der Waals surface area contributed by atoms with Crippen molar-refractivity contribution in [2.24, 2.45) is 0 Å². The summed E-state index contributed by atoms with van der Waals surface area (Å²) in [4.78, 5) is 0. The van der Waals surface area contributed by atoms with Gasteiger partial charge in [0.1, 0.15) is 0 Å². The van der Waals surface area contributed by atoms with Gasteiger partial charge in [-0.05, 0) is 12.2 Å². The molecule has 0 spiro atoms. The van der Waals surface area contributed by atoms with E-state index >= 15 is 0 Å². The lowest BCUT2D eigenvalue weighted by Gasteiger charge is -1.78. The molecule has 0 fully saturated rings. The van der Waals surface area contributed by atoms with Crippen molar-refractivity contribution in [3.8, 4) is 0 Å². The van der Waals surface area contributed by atoms with E-state index in [0.717, 1.165) is 0 Å². The van der Waals surface area contributed by atoms with Crippen molar-refractivity contribution < 1.29 is 0 Å². The van der Waals surface area contributed by atoms with E-state index in [-0.39, 0.29) is 0 Å². The van der Waals surface area contributed by atoms with Gasteiger partial charge in [0.2, 0.25) is 0 Å². The predicted molar refractivity (Wildman–Crippen MR) is 29.7 cm³/mol. The van der Waals surface area contributed by atoms with Crippen LogP contribution in [0.4, 0.5) is 0 Å². The van der Waals surface area contributed by atoms with E-state index in [4.69, 9.17) is 0 Å². The second-order valence-electron chi connectivity index (χ2n) is 0.833. The smallest absolute Gasteiger partial charge is 0.0353 e. The Hall–Kier alpha value is 0.780. The summed E-state index contributed by atoms with van der Waals surface area (Å²) in [6.45, 7) is 2.14. The first kappa shape index (κ1) is 5.78. The van der Waals surface area contributed by atoms with Crippen LogP contribution in [-0.2, 0) is 0 Å². The summed E-state index contributed by atoms with van der Waals surface area (Å²) in [5.74, 6) is 1.17. The maximum atomic E-state index is 3.92. The van der Waals surface area contributed by atoms with Crippen LogP contribution in [0.25, 0.3) is 0 Å². The van der Waals surface area contributed by atoms with Gasteiger partial charge in [-0.1, -0.05) is 6.92 Å². The third-order valence-electron chi connectivity index (χ3n) is 0.295. The molecule has 0 unspecified atom stereocenters. The van der Waals surface area contributed by atoms with Gasteiger partial charge in [0.15, 0.2) is 0 Å². The SMILES string of the molecule is CCCS[P]. The Labute approximate surface area is 39.7 Å². The molecule has 0 atom stereocenters. The first-order valence-corrected chi connectivity index (χ1v) is 3.72. The van der Waals surface area contributed by atoms with Gasteiger partial charge in [-0.25, -0.2) is 0 Å². The zero-order chi connectivity index (χ0) is 4.12. The maximum Gasteiger partial charge on any atom is 0.0353 e. The molecule has 2 radical (unpaired) electrons. The van der Waals surface area contributed by atoms with E-state index < -0.39 is 0 Å². The number of hydrogen-bond acceptors (Lipinski definition) is 1. The van der Waals surface area contributed by atoms with Crippen molar-refractivity contribution in [1.29, 1.82) is 0 Å². The third-order valence-corrected chi connectivity index (χ3v) is 1.43. The molecule has 0 aromatic heterocycles. The molecular weight excluding hydrogens is 99.1 g/mol. The van der Waals surface area contributed by atoms with Gasteiger partial charge < -0.3 is 0 Å². The van der Waals surface area contributed by atoms with Crippen LogP contribution in [0.2, 0.25) is 0 Å². The lowest BCUT2D eigenvalue weighted by Crippen LogP contribution is -1.60. The number of hydrogen-bond donors (Lipinski definition) is 0. The molecule has 0 aliphatic carbocycles. The van der Waals surface area contributed by atoms with Crippen molar-refractivity contribution in [2.45, 2.75) is 13.3 Å². The quantitative estimate of drug-likeness (QED) is 0.487. The highest BCUT2D eigenvalue weighted by Crippen LogP contribution is 2.09. The highest BCUT2D eigenvalue weighted by molar-refractivity contribution is 8.43. The molecule has 2 heteroatoms. The van der Waals surface area contributed by atoms with E-state index in [1.165, 1.54) is 12.2 Å². The molecule has 0 heterocycles. The van der Waals surface area contributed by atoms with E-state index in [1.807, 2.05) is 0 Å². The fraction of sp³-hybridized carbons (Fsp3) is 1.00. The van der Waals surface area contributed by atoms with Crippen LogP contribution in [0, 0.1) is 0 Å². The van der Waals surface area contributed by atoms with Crippen LogP contribution in [0.1, 0.15) is 13.3 Å². The Morgan fingerprint density at radius 1 is 1.80 bits per heavy atom. The second kappa shape index (κ2) is 4.78. The molecule has 0 aromatic rings. The van der Waals surface area contributed by atoms with Crippen LogP contribution in [0.5, 0.6) is 0 Å². The van der Waals surface area contributed by atoms with Gasteiger partial charge in [-0.15, -0.1) is 11.4 Å². The Bertz CT molecular complexity index is 14.4. The molecule has 0 saturated heterocycles. The van der Waals surface area contributed by atoms with Crippen LogP contribution in [-0.4, -0.2) is 5.75 Å². The average Bonchev–Trinajstić information content (AvgIpc) is 1.41. The first-order valence-electron chi connectivity index (χ1n) is 1.68. The molecule has 0 nitrogen and oxygen atoms in total. The lowest BCUT2D eigenvalue weighted by atomic mass is 10.6. The zero-order valence-electron chi connectivity index (χ0n) is 3.27. The Kier molecular flexibility index (Phi) is 5.53. The summed E-state index contributed by atoms with van der Waals surface area (Å²) in [5, 5.41) is 0. The summed E-state index contributed by atoms with van der Waals surface area (Å²) in [7, 11) is 3.92. The van der Waals surface area contributed by atoms with Crippen LogP contribution in [0.15, 0.2) is 0 Å². The molecule has 0 amide bonds. The van der Waals surface area contributed by atoms with Gasteiger partial charge >= 0.3 is 0 Å². The Morgan fingerprint density at radius 2 is 2.40 bits per heavy atom. The molecule has 0 saturated carbocycles. The van der Waals surface area contributed by atoms with Crippen molar-refractivity contribution in [3.05, 3.63) is 0 Å². The fourth-order valence-corrected chi connectivity index (χ4v) is 0.822. The normalized spacial score (nSPS) is 8.40. The Morgan fingerprint density at radius 3 is 2.40 bits per heavy atom. The second-order valence-corrected chi connectivity index (χ2v) is 2.27. The van der Waals surface area contributed by atoms with Crippen molar-refractivity contribution >= 4 is 19.8 Å². The highest BCUT2D eigenvalue weighted by atomic mass is 32.7. The summed E-state index contributed by atoms with van der Waals surface area (Å²) in [6, 6.07) is 0. The fourth-order valence-electron chi connectivity index (χ4n) is 0.0913. The number of rotatable bonds is 2. The minimum Gasteiger partial charge on any atom is -0.122 e. The monoisotopic (exact) mass is 106 g/mol. The molecule has 0 aliphatic rings. The summed E-state index contributed by atoms with van der Waals surface area (Å²) >= 11 is 1.60. The van der Waals surface area contributed by atoms with Gasteiger partial charge in [0.05, 0.1) is 0 Å². The molecule has 5 heavy (non-hydrogen) atoms. The topological polar surface area (TPSA) is 0 Å². The first-order chi connectivity index (χ1) is 2.41. The van der Waals surface area contributed by atoms with Crippen molar-refractivity contribution in [1.82, 2.24) is 0 Å². The summed E-state index contributed by atoms with van der Waals surface area (Å²) in [5.41, 5.74) is 0. The molecule has 0 bridgehead atoms. The molecule has 0 aliphatic heterocycles. The molecule has 0 rings (SSSR count). The summed E-state index contributed by atoms with van der Waals surface area (Å²) < 4.78 is 0. The minimum atomic E-state index is 1.17. The average molecular weight is 106 g/mol. The van der Waals surface area contributed by atoms with Crippen LogP contribution < -0.4 is 0 Å². The van der Waals surface area contributed by atoms with Crippen LogP contribution in [0.3, 0.4) is 0 Å². The van der Waals surface area contributed by atoms with Crippen LogP contribution >= 0.6 is 19.8 Å². The summed E-state index contributed by atoms with van der Waals surface area (Å²) in [6.07, 6.45) is 1.23. The van der Waals surface area contributed by atoms with E-state index in [9.17, 15) is 0 Å².